The van der Waals surface area contributed by atoms with Gasteiger partial charge in [-0.15, -0.1) is 0 Å². The second-order valence-electron chi connectivity index (χ2n) is 8.72. The zero-order valence-corrected chi connectivity index (χ0v) is 17.0. The van der Waals surface area contributed by atoms with Crippen molar-refractivity contribution in [2.24, 2.45) is 11.8 Å². The van der Waals surface area contributed by atoms with Gasteiger partial charge < -0.3 is 4.74 Å². The van der Waals surface area contributed by atoms with Crippen LogP contribution in [-0.2, 0) is 11.2 Å². The van der Waals surface area contributed by atoms with E-state index < -0.39 is 11.6 Å². The van der Waals surface area contributed by atoms with Gasteiger partial charge in [-0.1, -0.05) is 64.0 Å². The Kier molecular flexibility index (Phi) is 7.69. The molecule has 2 aliphatic rings. The molecule has 0 radical (unpaired) electrons. The average Bonchev–Trinajstić information content (AvgIpc) is 2.72. The van der Waals surface area contributed by atoms with Crippen LogP contribution < -0.4 is 0 Å². The molecule has 2 saturated carbocycles. The lowest BCUT2D eigenvalue weighted by Crippen LogP contribution is -2.51. The van der Waals surface area contributed by atoms with Crippen LogP contribution in [-0.4, -0.2) is 12.2 Å². The van der Waals surface area contributed by atoms with E-state index in [9.17, 15) is 8.78 Å². The smallest absolute Gasteiger partial charge is 0.162 e. The first-order valence-corrected chi connectivity index (χ1v) is 11.2. The molecule has 0 saturated heterocycles. The first-order chi connectivity index (χ1) is 13.2. The molecular weight excluding hydrogens is 342 g/mol. The average molecular weight is 379 g/mol. The predicted octanol–water partition coefficient (Wildman–Crippen LogP) is 7.22. The molecule has 0 aromatic heterocycles. The summed E-state index contributed by atoms with van der Waals surface area (Å²) in [6.07, 6.45) is 14.9. The highest BCUT2D eigenvalue weighted by molar-refractivity contribution is 5.22. The molecule has 1 nitrogen and oxygen atoms in total. The monoisotopic (exact) mass is 378 g/mol. The van der Waals surface area contributed by atoms with Crippen molar-refractivity contribution < 1.29 is 13.5 Å². The van der Waals surface area contributed by atoms with Crippen LogP contribution in [0.25, 0.3) is 0 Å². The highest BCUT2D eigenvalue weighted by atomic mass is 19.2. The molecule has 0 atom stereocenters. The van der Waals surface area contributed by atoms with Gasteiger partial charge in [0.25, 0.3) is 0 Å². The second-order valence-corrected chi connectivity index (χ2v) is 8.72. The van der Waals surface area contributed by atoms with Crippen molar-refractivity contribution in [2.45, 2.75) is 96.0 Å². The van der Waals surface area contributed by atoms with E-state index in [0.717, 1.165) is 19.4 Å². The van der Waals surface area contributed by atoms with Gasteiger partial charge in [0.15, 0.2) is 11.6 Å². The summed E-state index contributed by atoms with van der Waals surface area (Å²) in [7, 11) is 0. The van der Waals surface area contributed by atoms with Crippen LogP contribution in [0.15, 0.2) is 18.2 Å². The van der Waals surface area contributed by atoms with E-state index in [1.54, 1.807) is 12.1 Å². The Bertz CT molecular complexity index is 556. The normalized spacial score (nSPS) is 20.1. The number of hydrogen-bond donors (Lipinski definition) is 0. The first-order valence-electron chi connectivity index (χ1n) is 11.2. The van der Waals surface area contributed by atoms with Crippen molar-refractivity contribution in [3.05, 3.63) is 35.4 Å². The van der Waals surface area contributed by atoms with Gasteiger partial charge in [-0.3, -0.25) is 0 Å². The first kappa shape index (κ1) is 20.8. The highest BCUT2D eigenvalue weighted by Gasteiger charge is 2.47. The third-order valence-electron chi connectivity index (χ3n) is 6.96. The molecule has 2 aliphatic carbocycles. The van der Waals surface area contributed by atoms with Gasteiger partial charge in [0.2, 0.25) is 0 Å². The molecule has 27 heavy (non-hydrogen) atoms. The van der Waals surface area contributed by atoms with Crippen LogP contribution in [0.4, 0.5) is 8.78 Å². The lowest BCUT2D eigenvalue weighted by atomic mass is 9.64. The largest absolute Gasteiger partial charge is 0.374 e. The van der Waals surface area contributed by atoms with Gasteiger partial charge in [0.1, 0.15) is 0 Å². The molecule has 3 heteroatoms. The number of ether oxygens (including phenoxy) is 1. The van der Waals surface area contributed by atoms with Crippen LogP contribution in [0.2, 0.25) is 0 Å². The standard InChI is InChI=1S/C24H36F2O/c1-2-3-17-27-24(20-12-6-4-7-13-20,21-14-8-5-9-15-21)18-19-11-10-16-22(25)23(19)26/h10-11,16,20-21H,2-9,12-15,17-18H2,1H3. The van der Waals surface area contributed by atoms with Gasteiger partial charge in [-0.2, -0.15) is 0 Å². The summed E-state index contributed by atoms with van der Waals surface area (Å²) < 4.78 is 35.3. The number of rotatable bonds is 8. The summed E-state index contributed by atoms with van der Waals surface area (Å²) in [5.74, 6) is -0.474. The van der Waals surface area contributed by atoms with Crippen LogP contribution in [0, 0.1) is 23.5 Å². The summed E-state index contributed by atoms with van der Waals surface area (Å²) in [6, 6.07) is 4.63. The van der Waals surface area contributed by atoms with Crippen LogP contribution in [0.1, 0.15) is 89.5 Å². The van der Waals surface area contributed by atoms with Crippen LogP contribution >= 0.6 is 0 Å². The highest BCUT2D eigenvalue weighted by Crippen LogP contribution is 2.47. The topological polar surface area (TPSA) is 9.23 Å². The molecule has 0 heterocycles. The zero-order valence-electron chi connectivity index (χ0n) is 17.0. The second kappa shape index (κ2) is 10.0. The van der Waals surface area contributed by atoms with Crippen molar-refractivity contribution in [1.29, 1.82) is 0 Å². The Labute approximate surface area is 163 Å². The van der Waals surface area contributed by atoms with Crippen molar-refractivity contribution >= 4 is 0 Å². The Hall–Kier alpha value is -0.960. The van der Waals surface area contributed by atoms with E-state index in [0.29, 0.717) is 23.8 Å². The van der Waals surface area contributed by atoms with Gasteiger partial charge in [-0.05, 0) is 55.6 Å². The molecule has 0 spiro atoms. The third kappa shape index (κ3) is 4.91. The van der Waals surface area contributed by atoms with E-state index in [1.807, 2.05) is 0 Å². The molecule has 3 rings (SSSR count). The summed E-state index contributed by atoms with van der Waals surface area (Å²) in [4.78, 5) is 0. The number of benzene rings is 1. The van der Waals surface area contributed by atoms with E-state index >= 15 is 0 Å². The van der Waals surface area contributed by atoms with Crippen LogP contribution in [0.5, 0.6) is 0 Å². The van der Waals surface area contributed by atoms with Gasteiger partial charge >= 0.3 is 0 Å². The maximum atomic E-state index is 14.6. The minimum Gasteiger partial charge on any atom is -0.374 e. The Morgan fingerprint density at radius 2 is 1.52 bits per heavy atom. The molecule has 2 fully saturated rings. The fourth-order valence-electron chi connectivity index (χ4n) is 5.48. The molecule has 0 amide bonds. The summed E-state index contributed by atoms with van der Waals surface area (Å²) >= 11 is 0. The van der Waals surface area contributed by atoms with E-state index in [1.165, 1.54) is 70.3 Å². The van der Waals surface area contributed by atoms with Crippen molar-refractivity contribution in [3.8, 4) is 0 Å². The SMILES string of the molecule is CCCCOC(Cc1cccc(F)c1F)(C1CCCCC1)C1CCCCC1. The number of hydrogen-bond acceptors (Lipinski definition) is 1. The fraction of sp³-hybridized carbons (Fsp3) is 0.750. The fourth-order valence-corrected chi connectivity index (χ4v) is 5.48. The molecular formula is C24H36F2O. The predicted molar refractivity (Wildman–Crippen MR) is 107 cm³/mol. The number of unbranched alkanes of at least 4 members (excludes halogenated alkanes) is 1. The van der Waals surface area contributed by atoms with Crippen molar-refractivity contribution in [3.63, 3.8) is 0 Å². The van der Waals surface area contributed by atoms with E-state index in [-0.39, 0.29) is 5.60 Å². The summed E-state index contributed by atoms with van der Waals surface area (Å²) in [5.41, 5.74) is 0.174. The lowest BCUT2D eigenvalue weighted by molar-refractivity contribution is -0.143. The third-order valence-corrected chi connectivity index (χ3v) is 6.96. The minimum atomic E-state index is -0.734. The Balaban J connectivity index is 1.95. The molecule has 0 aliphatic heterocycles. The maximum absolute atomic E-state index is 14.6. The summed E-state index contributed by atoms with van der Waals surface area (Å²) in [5, 5.41) is 0. The Morgan fingerprint density at radius 1 is 0.926 bits per heavy atom. The minimum absolute atomic E-state index is 0.329. The lowest BCUT2D eigenvalue weighted by Gasteiger charge is -2.49. The molecule has 152 valence electrons. The van der Waals surface area contributed by atoms with E-state index in [2.05, 4.69) is 6.92 Å². The molecule has 1 aromatic carbocycles. The van der Waals surface area contributed by atoms with Crippen molar-refractivity contribution in [2.75, 3.05) is 6.61 Å². The van der Waals surface area contributed by atoms with Gasteiger partial charge in [0, 0.05) is 13.0 Å². The quantitative estimate of drug-likeness (QED) is 0.434. The molecule has 0 N–H and O–H groups in total. The molecule has 1 aromatic rings. The van der Waals surface area contributed by atoms with E-state index in [4.69, 9.17) is 4.74 Å². The number of halogens is 2. The molecule has 0 unspecified atom stereocenters. The maximum Gasteiger partial charge on any atom is 0.162 e. The van der Waals surface area contributed by atoms with Gasteiger partial charge in [0.05, 0.1) is 5.60 Å². The zero-order chi connectivity index (χ0) is 19.1. The van der Waals surface area contributed by atoms with Crippen LogP contribution in [0.3, 0.4) is 0 Å². The molecule has 0 bridgehead atoms. The summed E-state index contributed by atoms with van der Waals surface area (Å²) in [6.45, 7) is 2.92. The van der Waals surface area contributed by atoms with Crippen molar-refractivity contribution in [1.82, 2.24) is 0 Å². The van der Waals surface area contributed by atoms with Gasteiger partial charge in [-0.25, -0.2) is 8.78 Å². The Morgan fingerprint density at radius 3 is 2.07 bits per heavy atom.